The molecule has 0 unspecified atom stereocenters. The van der Waals surface area contributed by atoms with Crippen LogP contribution in [0.2, 0.25) is 0 Å². The van der Waals surface area contributed by atoms with Crippen molar-refractivity contribution in [2.45, 2.75) is 38.9 Å². The smallest absolute Gasteiger partial charge is 0.399 e. The maximum atomic E-state index is 6.10. The maximum absolute atomic E-state index is 6.10. The first-order chi connectivity index (χ1) is 10.8. The largest absolute Gasteiger partial charge is 0.494 e. The van der Waals surface area contributed by atoms with Gasteiger partial charge < -0.3 is 20.4 Å². The van der Waals surface area contributed by atoms with Crippen molar-refractivity contribution < 1.29 is 9.31 Å². The number of hydrogen-bond donors (Lipinski definition) is 2. The molecule has 1 aliphatic rings. The third-order valence-corrected chi connectivity index (χ3v) is 4.65. The lowest BCUT2D eigenvalue weighted by molar-refractivity contribution is 0.00578. The second-order valence-corrected chi connectivity index (χ2v) is 6.93. The van der Waals surface area contributed by atoms with Crippen LogP contribution in [-0.2, 0) is 9.31 Å². The summed E-state index contributed by atoms with van der Waals surface area (Å²) in [5, 5.41) is 3.34. The topological polar surface area (TPSA) is 56.5 Å². The highest BCUT2D eigenvalue weighted by atomic mass is 16.7. The van der Waals surface area contributed by atoms with Crippen LogP contribution in [0.3, 0.4) is 0 Å². The minimum absolute atomic E-state index is 0.342. The molecule has 4 nitrogen and oxygen atoms in total. The van der Waals surface area contributed by atoms with E-state index in [1.165, 1.54) is 0 Å². The lowest BCUT2D eigenvalue weighted by Gasteiger charge is -2.32. The minimum atomic E-state index is -0.366. The molecule has 0 bridgehead atoms. The van der Waals surface area contributed by atoms with Crippen LogP contribution in [-0.4, -0.2) is 18.3 Å². The second-order valence-electron chi connectivity index (χ2n) is 6.93. The Bertz CT molecular complexity index is 700. The molecule has 1 saturated heterocycles. The molecule has 0 radical (unpaired) electrons. The molecule has 0 spiro atoms. The standard InChI is InChI=1S/C18H23BN2O2/c1-17(2)18(3,4)23-19(22-17)13-8-7-9-14(12-13)21-16-11-6-5-10-15(16)20/h5-12,21H,20H2,1-4H3. The molecule has 1 fully saturated rings. The van der Waals surface area contributed by atoms with Gasteiger partial charge in [0.05, 0.1) is 22.6 Å². The number of nitrogens with one attached hydrogen (secondary N) is 1. The van der Waals surface area contributed by atoms with Crippen LogP contribution in [0.5, 0.6) is 0 Å². The van der Waals surface area contributed by atoms with Gasteiger partial charge in [0.1, 0.15) is 0 Å². The van der Waals surface area contributed by atoms with Crippen LogP contribution in [0.1, 0.15) is 27.7 Å². The molecule has 0 amide bonds. The first-order valence-corrected chi connectivity index (χ1v) is 7.86. The van der Waals surface area contributed by atoms with Gasteiger partial charge in [-0.3, -0.25) is 0 Å². The molecule has 120 valence electrons. The lowest BCUT2D eigenvalue weighted by atomic mass is 9.79. The van der Waals surface area contributed by atoms with Crippen molar-refractivity contribution in [3.8, 4) is 0 Å². The normalized spacial score (nSPS) is 18.9. The van der Waals surface area contributed by atoms with Crippen LogP contribution in [0.25, 0.3) is 0 Å². The van der Waals surface area contributed by atoms with E-state index in [1.54, 1.807) is 0 Å². The third kappa shape index (κ3) is 3.07. The van der Waals surface area contributed by atoms with Crippen molar-refractivity contribution in [3.63, 3.8) is 0 Å². The van der Waals surface area contributed by atoms with Crippen LogP contribution in [0.4, 0.5) is 17.1 Å². The van der Waals surface area contributed by atoms with Gasteiger partial charge in [0.25, 0.3) is 0 Å². The number of nitrogens with two attached hydrogens (primary N) is 1. The summed E-state index contributed by atoms with van der Waals surface area (Å²) in [7, 11) is -0.366. The van der Waals surface area contributed by atoms with Gasteiger partial charge in [-0.2, -0.15) is 0 Å². The molecule has 3 N–H and O–H groups in total. The summed E-state index contributed by atoms with van der Waals surface area (Å²) in [5.74, 6) is 0. The Morgan fingerprint density at radius 2 is 1.57 bits per heavy atom. The quantitative estimate of drug-likeness (QED) is 0.674. The van der Waals surface area contributed by atoms with Crippen LogP contribution < -0.4 is 16.5 Å². The first-order valence-electron chi connectivity index (χ1n) is 7.86. The van der Waals surface area contributed by atoms with Gasteiger partial charge in [-0.25, -0.2) is 0 Å². The number of hydrogen-bond acceptors (Lipinski definition) is 4. The number of anilines is 3. The van der Waals surface area contributed by atoms with Crippen molar-refractivity contribution in [3.05, 3.63) is 48.5 Å². The Balaban J connectivity index is 1.83. The number of benzene rings is 2. The second kappa shape index (κ2) is 5.58. The summed E-state index contributed by atoms with van der Waals surface area (Å²) >= 11 is 0. The van der Waals surface area contributed by atoms with Crippen molar-refractivity contribution in [2.24, 2.45) is 0 Å². The van der Waals surface area contributed by atoms with E-state index in [-0.39, 0.29) is 18.3 Å². The Hall–Kier alpha value is -1.98. The lowest BCUT2D eigenvalue weighted by Crippen LogP contribution is -2.41. The van der Waals surface area contributed by atoms with E-state index < -0.39 is 0 Å². The van der Waals surface area contributed by atoms with Crippen LogP contribution in [0, 0.1) is 0 Å². The summed E-state index contributed by atoms with van der Waals surface area (Å²) in [4.78, 5) is 0. The van der Waals surface area contributed by atoms with E-state index in [0.29, 0.717) is 5.69 Å². The van der Waals surface area contributed by atoms with Crippen molar-refractivity contribution in [2.75, 3.05) is 11.1 Å². The zero-order valence-electron chi connectivity index (χ0n) is 14.1. The number of nitrogen functional groups attached to an aromatic ring is 1. The van der Waals surface area contributed by atoms with Gasteiger partial charge in [-0.05, 0) is 57.4 Å². The molecule has 1 aliphatic heterocycles. The molecule has 0 aromatic heterocycles. The molecular weight excluding hydrogens is 287 g/mol. The molecule has 0 saturated carbocycles. The Morgan fingerprint density at radius 3 is 2.22 bits per heavy atom. The van der Waals surface area contributed by atoms with Crippen molar-refractivity contribution in [1.29, 1.82) is 0 Å². The summed E-state index contributed by atoms with van der Waals surface area (Å²) in [6, 6.07) is 15.7. The molecule has 0 aliphatic carbocycles. The molecule has 0 atom stereocenters. The summed E-state index contributed by atoms with van der Waals surface area (Å²) in [6.07, 6.45) is 0. The van der Waals surface area contributed by atoms with Crippen molar-refractivity contribution >= 4 is 29.6 Å². The summed E-state index contributed by atoms with van der Waals surface area (Å²) in [6.45, 7) is 8.22. The average molecular weight is 310 g/mol. The number of para-hydroxylation sites is 2. The van der Waals surface area contributed by atoms with E-state index in [0.717, 1.165) is 16.8 Å². The van der Waals surface area contributed by atoms with E-state index in [4.69, 9.17) is 15.0 Å². The Labute approximate surface area is 138 Å². The fourth-order valence-corrected chi connectivity index (χ4v) is 2.51. The van der Waals surface area contributed by atoms with Gasteiger partial charge in [-0.15, -0.1) is 0 Å². The fraction of sp³-hybridized carbons (Fsp3) is 0.333. The van der Waals surface area contributed by atoms with E-state index in [1.807, 2.05) is 48.5 Å². The maximum Gasteiger partial charge on any atom is 0.494 e. The molecular formula is C18H23BN2O2. The zero-order valence-corrected chi connectivity index (χ0v) is 14.1. The van der Waals surface area contributed by atoms with E-state index in [2.05, 4.69) is 33.0 Å². The third-order valence-electron chi connectivity index (χ3n) is 4.65. The first kappa shape index (κ1) is 15.9. The molecule has 3 rings (SSSR count). The minimum Gasteiger partial charge on any atom is -0.399 e. The SMILES string of the molecule is CC1(C)OB(c2cccc(Nc3ccccc3N)c2)OC1(C)C. The van der Waals surface area contributed by atoms with Gasteiger partial charge in [-0.1, -0.05) is 24.3 Å². The molecule has 2 aromatic rings. The van der Waals surface area contributed by atoms with Gasteiger partial charge in [0.15, 0.2) is 0 Å². The molecule has 2 aromatic carbocycles. The van der Waals surface area contributed by atoms with Crippen LogP contribution >= 0.6 is 0 Å². The Morgan fingerprint density at radius 1 is 0.913 bits per heavy atom. The van der Waals surface area contributed by atoms with Gasteiger partial charge in [0.2, 0.25) is 0 Å². The molecule has 1 heterocycles. The van der Waals surface area contributed by atoms with E-state index >= 15 is 0 Å². The van der Waals surface area contributed by atoms with Crippen molar-refractivity contribution in [1.82, 2.24) is 0 Å². The van der Waals surface area contributed by atoms with Gasteiger partial charge in [0, 0.05) is 5.69 Å². The zero-order chi connectivity index (χ0) is 16.7. The Kier molecular flexibility index (Phi) is 3.86. The fourth-order valence-electron chi connectivity index (χ4n) is 2.51. The van der Waals surface area contributed by atoms with E-state index in [9.17, 15) is 0 Å². The highest BCUT2D eigenvalue weighted by Crippen LogP contribution is 2.36. The van der Waals surface area contributed by atoms with Crippen LogP contribution in [0.15, 0.2) is 48.5 Å². The summed E-state index contributed by atoms with van der Waals surface area (Å²) in [5.41, 5.74) is 8.85. The highest BCUT2D eigenvalue weighted by Gasteiger charge is 2.51. The monoisotopic (exact) mass is 310 g/mol. The molecule has 5 heteroatoms. The average Bonchev–Trinajstić information content (AvgIpc) is 2.70. The predicted octanol–water partition coefficient (Wildman–Crippen LogP) is 3.31. The predicted molar refractivity (Wildman–Crippen MR) is 96.3 cm³/mol. The highest BCUT2D eigenvalue weighted by molar-refractivity contribution is 6.62. The summed E-state index contributed by atoms with van der Waals surface area (Å²) < 4.78 is 12.2. The number of rotatable bonds is 3. The van der Waals surface area contributed by atoms with Gasteiger partial charge >= 0.3 is 7.12 Å². The molecule has 23 heavy (non-hydrogen) atoms.